The van der Waals surface area contributed by atoms with Gasteiger partial charge in [0.2, 0.25) is 5.91 Å². The van der Waals surface area contributed by atoms with Crippen LogP contribution >= 0.6 is 16.1 Å². The fraction of sp³-hybridized carbons (Fsp3) is 0.542. The number of aryl methyl sites for hydroxylation is 2. The molecule has 26 heteroatoms. The zero-order valence-electron chi connectivity index (χ0n) is 42.9. The van der Waals surface area contributed by atoms with E-state index in [1.807, 2.05) is 73.7 Å². The van der Waals surface area contributed by atoms with Crippen molar-refractivity contribution in [2.45, 2.75) is 77.3 Å². The first-order chi connectivity index (χ1) is 35.2. The number of amides is 2. The van der Waals surface area contributed by atoms with E-state index in [4.69, 9.17) is 53.4 Å². The van der Waals surface area contributed by atoms with Gasteiger partial charge in [-0.1, -0.05) is 15.5 Å². The first-order valence-corrected chi connectivity index (χ1v) is 29.4. The van der Waals surface area contributed by atoms with E-state index < -0.39 is 61.0 Å². The summed E-state index contributed by atoms with van der Waals surface area (Å²) in [5.41, 5.74) is 5.43. The van der Waals surface area contributed by atoms with Crippen LogP contribution in [0.25, 0.3) is 33.4 Å². The fourth-order valence-corrected chi connectivity index (χ4v) is 10.4. The molecule has 0 aromatic heterocycles. The van der Waals surface area contributed by atoms with Crippen molar-refractivity contribution in [1.82, 2.24) is 10.6 Å². The molecule has 2 aromatic rings. The van der Waals surface area contributed by atoms with Crippen LogP contribution in [-0.4, -0.2) is 155 Å². The van der Waals surface area contributed by atoms with Crippen molar-refractivity contribution in [1.29, 1.82) is 0 Å². The lowest BCUT2D eigenvalue weighted by Gasteiger charge is -2.28. The lowest BCUT2D eigenvalue weighted by molar-refractivity contribution is -0.122. The number of hydrogen-bond donors (Lipinski definition) is 6. The number of fused-ring (bicyclic) bond motifs is 2. The van der Waals surface area contributed by atoms with Crippen LogP contribution < -0.4 is 21.3 Å². The van der Waals surface area contributed by atoms with Gasteiger partial charge in [0.25, 0.3) is 5.91 Å². The van der Waals surface area contributed by atoms with Crippen LogP contribution in [-0.2, 0) is 71.8 Å². The number of carbonyl (C=O) groups excluding carboxylic acids is 2. The topological polar surface area (TPSA) is 281 Å². The minimum atomic E-state index is -4.74. The van der Waals surface area contributed by atoms with E-state index in [9.17, 15) is 33.5 Å². The first kappa shape index (κ1) is 60.9. The van der Waals surface area contributed by atoms with Crippen LogP contribution in [0.2, 0.25) is 0 Å². The molecule has 5 rings (SSSR count). The van der Waals surface area contributed by atoms with Gasteiger partial charge in [0, 0.05) is 83.2 Å². The summed E-state index contributed by atoms with van der Waals surface area (Å²) in [6.45, 7) is 15.4. The zero-order valence-corrected chi connectivity index (χ0v) is 46.4. The van der Waals surface area contributed by atoms with Crippen molar-refractivity contribution >= 4 is 79.0 Å². The minimum Gasteiger partial charge on any atom is -0.478 e. The van der Waals surface area contributed by atoms with Crippen molar-refractivity contribution in [3.05, 3.63) is 70.1 Å². The molecule has 2 aliphatic heterocycles. The molecule has 0 saturated carbocycles. The molecule has 6 N–H and O–H groups in total. The van der Waals surface area contributed by atoms with Crippen molar-refractivity contribution in [3.8, 4) is 22.5 Å². The van der Waals surface area contributed by atoms with E-state index in [1.165, 1.54) is 6.07 Å². The van der Waals surface area contributed by atoms with Crippen LogP contribution in [0.3, 0.4) is 0 Å². The molecule has 408 valence electrons. The van der Waals surface area contributed by atoms with E-state index in [0.717, 1.165) is 33.1 Å². The molecule has 21 nitrogen and oxygen atoms in total. The van der Waals surface area contributed by atoms with E-state index >= 15 is 0 Å². The van der Waals surface area contributed by atoms with Crippen LogP contribution in [0.5, 0.6) is 0 Å². The van der Waals surface area contributed by atoms with Gasteiger partial charge >= 0.3 is 22.0 Å². The van der Waals surface area contributed by atoms with E-state index in [1.54, 1.807) is 12.1 Å². The SMILES string of the molecule is B[C@H]1C[C@@H](OCS(=S)C(C)(C)CNC(=O)CCOCCOCCOCCOCCNC(=O)c2ccc(-c3c4cc(C)/c(=N\CC)cc-4oc4cc(NCC)c(C)cc34)c(C(=O)O)c2)[C@@H](COP(=O)(O)O[PH](=O)O)O1. The Balaban J connectivity index is 0.945. The summed E-state index contributed by atoms with van der Waals surface area (Å²) < 4.78 is 71.4. The molecule has 3 aliphatic rings. The van der Waals surface area contributed by atoms with Gasteiger partial charge in [-0.3, -0.25) is 23.7 Å². The molecule has 0 spiro atoms. The molecular weight excluding hydrogens is 1040 g/mol. The Labute approximate surface area is 439 Å². The molecule has 2 aromatic carbocycles. The third-order valence-corrected chi connectivity index (χ3v) is 17.1. The van der Waals surface area contributed by atoms with Gasteiger partial charge in [-0.15, -0.1) is 0 Å². The van der Waals surface area contributed by atoms with Crippen LogP contribution in [0.1, 0.15) is 72.4 Å². The molecule has 1 fully saturated rings. The molecular formula is C48H69BN4O17P2S2. The third kappa shape index (κ3) is 18.4. The van der Waals surface area contributed by atoms with Crippen molar-refractivity contribution < 1.29 is 80.1 Å². The average Bonchev–Trinajstić information content (AvgIpc) is 3.71. The number of carboxylic acid groups (broad SMARTS) is 1. The summed E-state index contributed by atoms with van der Waals surface area (Å²) in [6.07, 6.45) is -0.597. The van der Waals surface area contributed by atoms with Gasteiger partial charge in [0.15, 0.2) is 0 Å². The second kappa shape index (κ2) is 29.5. The molecule has 74 heavy (non-hydrogen) atoms. The minimum absolute atomic E-state index is 0.0244. The Morgan fingerprint density at radius 3 is 2.27 bits per heavy atom. The number of aromatic carboxylic acids is 1. The van der Waals surface area contributed by atoms with Crippen LogP contribution in [0.15, 0.2) is 51.9 Å². The van der Waals surface area contributed by atoms with E-state index in [-0.39, 0.29) is 68.4 Å². The van der Waals surface area contributed by atoms with Gasteiger partial charge < -0.3 is 63.7 Å². The predicted molar refractivity (Wildman–Crippen MR) is 287 cm³/mol. The van der Waals surface area contributed by atoms with Crippen molar-refractivity contribution in [2.75, 3.05) is 96.9 Å². The molecule has 0 radical (unpaired) electrons. The van der Waals surface area contributed by atoms with Gasteiger partial charge in [0.1, 0.15) is 25.3 Å². The number of carboxylic acids is 1. The van der Waals surface area contributed by atoms with Crippen LogP contribution in [0, 0.1) is 13.8 Å². The van der Waals surface area contributed by atoms with E-state index in [2.05, 4.69) is 25.3 Å². The normalized spacial score (nSPS) is 17.8. The van der Waals surface area contributed by atoms with Gasteiger partial charge in [-0.25, -0.2) is 13.7 Å². The lowest BCUT2D eigenvalue weighted by atomic mass is 9.88. The number of rotatable bonds is 32. The average molecular weight is 1110 g/mol. The summed E-state index contributed by atoms with van der Waals surface area (Å²) in [5.74, 6) is -1.09. The molecule has 2 amide bonds. The lowest BCUT2D eigenvalue weighted by Crippen LogP contribution is -2.43. The second-order valence-electron chi connectivity index (χ2n) is 17.8. The monoisotopic (exact) mass is 1110 g/mol. The van der Waals surface area contributed by atoms with Gasteiger partial charge in [-0.05, 0) is 100 Å². The molecule has 6 atom stereocenters. The highest BCUT2D eigenvalue weighted by Gasteiger charge is 2.37. The Morgan fingerprint density at radius 1 is 0.946 bits per heavy atom. The van der Waals surface area contributed by atoms with E-state index in [0.29, 0.717) is 75.0 Å². The fourth-order valence-electron chi connectivity index (χ4n) is 7.87. The number of phosphoric acid groups is 1. The Hall–Kier alpha value is -3.97. The second-order valence-corrected chi connectivity index (χ2v) is 23.5. The quantitative estimate of drug-likeness (QED) is 0.0168. The maximum absolute atomic E-state index is 13.2. The zero-order chi connectivity index (χ0) is 54.0. The number of nitrogens with zero attached hydrogens (tertiary/aromatic N) is 1. The predicted octanol–water partition coefficient (Wildman–Crippen LogP) is 4.64. The van der Waals surface area contributed by atoms with Crippen molar-refractivity contribution in [3.63, 3.8) is 0 Å². The summed E-state index contributed by atoms with van der Waals surface area (Å²) in [5, 5.41) is 21.1. The highest BCUT2D eigenvalue weighted by molar-refractivity contribution is 8.29. The standard InChI is InChI=1S/C48H69BN4O17P2S2/c1-7-50-37-24-39-35(21-30(37)3)45(36-22-31(4)38(51-8-2)25-40(36)68-39)33-10-9-32(23-34(33)47(56)57)46(55)52-12-14-63-16-18-65-20-19-64-17-15-62-13-11-44(54)53-28-48(5,6)74(73)29-66-41-26-43(49)69-42(41)27-67-72(60,61)70-71(58)59/h9-10,21-25,41-43,50,71H,7-8,11-20,26-29,49H2,1-6H3,(H,52,55)(H,53,54)(H,56,57)(H,58,59)(H,60,61)/b51-38-/t41-,42-,43-,74?/m1/s1. The molecule has 1 aliphatic carbocycles. The summed E-state index contributed by atoms with van der Waals surface area (Å²) in [4.78, 5) is 61.6. The molecule has 0 bridgehead atoms. The summed E-state index contributed by atoms with van der Waals surface area (Å²) >= 11 is 5.71. The van der Waals surface area contributed by atoms with Gasteiger partial charge in [0.05, 0.1) is 82.4 Å². The number of ether oxygens (including phenoxy) is 6. The number of phosphoric ester groups is 1. The van der Waals surface area contributed by atoms with Crippen LogP contribution in [0.4, 0.5) is 5.69 Å². The Bertz CT molecular complexity index is 2700. The summed E-state index contributed by atoms with van der Waals surface area (Å²) in [6, 6.07) is 12.3. The van der Waals surface area contributed by atoms with Crippen molar-refractivity contribution in [2.24, 2.45) is 4.99 Å². The molecule has 3 unspecified atom stereocenters. The van der Waals surface area contributed by atoms with Gasteiger partial charge in [-0.2, -0.15) is 0 Å². The first-order valence-electron chi connectivity index (χ1n) is 24.3. The maximum atomic E-state index is 13.2. The number of carbonyl (C=O) groups is 3. The molecule has 2 heterocycles. The maximum Gasteiger partial charge on any atom is 0.479 e. The highest BCUT2D eigenvalue weighted by atomic mass is 32.8. The largest absolute Gasteiger partial charge is 0.479 e. The number of hydrogen-bond acceptors (Lipinski definition) is 17. The third-order valence-electron chi connectivity index (χ3n) is 11.7. The highest BCUT2D eigenvalue weighted by Crippen LogP contribution is 2.51. The molecule has 1 saturated heterocycles. The number of nitrogens with one attached hydrogen (secondary N) is 3. The summed E-state index contributed by atoms with van der Waals surface area (Å²) in [7, 11) is -7.34. The smallest absolute Gasteiger partial charge is 0.478 e. The Kier molecular flexibility index (Phi) is 24.3. The number of benzene rings is 3. The number of anilines is 1. The Morgan fingerprint density at radius 2 is 1.62 bits per heavy atom.